The average Bonchev–Trinajstić information content (AvgIpc) is 2.64. The van der Waals surface area contributed by atoms with Gasteiger partial charge in [-0.15, -0.1) is 6.58 Å². The summed E-state index contributed by atoms with van der Waals surface area (Å²) in [5.74, 6) is 0.786. The summed E-state index contributed by atoms with van der Waals surface area (Å²) in [6, 6.07) is 0. The van der Waals surface area contributed by atoms with Crippen LogP contribution in [0, 0.1) is 6.92 Å². The molecule has 0 fully saturated rings. The second kappa shape index (κ2) is 6.80. The minimum Gasteiger partial charge on any atom is -0.465 e. The number of aryl methyl sites for hydroxylation is 1. The van der Waals surface area contributed by atoms with Crippen molar-refractivity contribution in [2.24, 2.45) is 0 Å². The van der Waals surface area contributed by atoms with Gasteiger partial charge in [-0.2, -0.15) is 4.98 Å². The Balaban J connectivity index is 2.53. The normalized spacial score (nSPS) is 10.5. The molecule has 1 aromatic heterocycles. The maximum Gasteiger partial charge on any atom is 0.320 e. The fourth-order valence-corrected chi connectivity index (χ4v) is 1.35. The Labute approximate surface area is 100 Å². The summed E-state index contributed by atoms with van der Waals surface area (Å²) in [7, 11) is 0. The molecule has 6 nitrogen and oxygen atoms in total. The van der Waals surface area contributed by atoms with Gasteiger partial charge >= 0.3 is 5.97 Å². The van der Waals surface area contributed by atoms with Crippen molar-refractivity contribution in [3.05, 3.63) is 24.4 Å². The van der Waals surface area contributed by atoms with Gasteiger partial charge < -0.3 is 9.26 Å². The maximum absolute atomic E-state index is 11.4. The summed E-state index contributed by atoms with van der Waals surface area (Å²) >= 11 is 0. The molecule has 0 unspecified atom stereocenters. The predicted molar refractivity (Wildman–Crippen MR) is 61.1 cm³/mol. The highest BCUT2D eigenvalue weighted by Gasteiger charge is 2.14. The summed E-state index contributed by atoms with van der Waals surface area (Å²) in [4.78, 5) is 17.3. The van der Waals surface area contributed by atoms with Crippen LogP contribution < -0.4 is 0 Å². The molecule has 0 amide bonds. The van der Waals surface area contributed by atoms with Crippen LogP contribution in [0.15, 0.2) is 17.2 Å². The lowest BCUT2D eigenvalue weighted by Gasteiger charge is -2.16. The molecule has 0 aromatic carbocycles. The SMILES string of the molecule is C=CCN(CC(=O)OCC)Cc1nc(C)no1. The quantitative estimate of drug-likeness (QED) is 0.521. The lowest BCUT2D eigenvalue weighted by atomic mass is 10.4. The summed E-state index contributed by atoms with van der Waals surface area (Å²) in [6.07, 6.45) is 1.71. The van der Waals surface area contributed by atoms with Crippen LogP contribution in [0.3, 0.4) is 0 Å². The zero-order valence-corrected chi connectivity index (χ0v) is 10.2. The third-order valence-corrected chi connectivity index (χ3v) is 1.97. The highest BCUT2D eigenvalue weighted by Crippen LogP contribution is 2.02. The molecule has 0 spiro atoms. The molecule has 0 N–H and O–H groups in total. The van der Waals surface area contributed by atoms with Crippen molar-refractivity contribution in [1.29, 1.82) is 0 Å². The second-order valence-corrected chi connectivity index (χ2v) is 3.50. The van der Waals surface area contributed by atoms with Crippen molar-refractivity contribution >= 4 is 5.97 Å². The molecule has 1 aromatic rings. The third-order valence-electron chi connectivity index (χ3n) is 1.97. The van der Waals surface area contributed by atoms with Gasteiger partial charge in [0.15, 0.2) is 5.82 Å². The number of carbonyl (C=O) groups is 1. The number of carbonyl (C=O) groups excluding carboxylic acids is 1. The Hall–Kier alpha value is -1.69. The molecule has 1 heterocycles. The van der Waals surface area contributed by atoms with Crippen LogP contribution in [0.4, 0.5) is 0 Å². The number of rotatable bonds is 7. The molecule has 0 saturated heterocycles. The number of hydrogen-bond donors (Lipinski definition) is 0. The Morgan fingerprint density at radius 1 is 1.65 bits per heavy atom. The van der Waals surface area contributed by atoms with Crippen molar-refractivity contribution in [2.45, 2.75) is 20.4 Å². The Morgan fingerprint density at radius 2 is 2.41 bits per heavy atom. The number of aromatic nitrogens is 2. The molecule has 0 radical (unpaired) electrons. The summed E-state index contributed by atoms with van der Waals surface area (Å²) < 4.78 is 9.87. The third kappa shape index (κ3) is 4.78. The zero-order valence-electron chi connectivity index (χ0n) is 10.2. The van der Waals surface area contributed by atoms with E-state index in [0.717, 1.165) is 0 Å². The van der Waals surface area contributed by atoms with Gasteiger partial charge in [-0.1, -0.05) is 11.2 Å². The van der Waals surface area contributed by atoms with Gasteiger partial charge in [0.1, 0.15) is 0 Å². The predicted octanol–water partition coefficient (Wildman–Crippen LogP) is 0.929. The molecule has 0 bridgehead atoms. The van der Waals surface area contributed by atoms with Crippen molar-refractivity contribution in [1.82, 2.24) is 15.0 Å². The average molecular weight is 239 g/mol. The number of ether oxygens (including phenoxy) is 1. The standard InChI is InChI=1S/C11H17N3O3/c1-4-6-14(8-11(15)16-5-2)7-10-12-9(3)13-17-10/h4H,1,5-8H2,2-3H3. The molecule has 17 heavy (non-hydrogen) atoms. The van der Waals surface area contributed by atoms with E-state index in [2.05, 4.69) is 16.7 Å². The van der Waals surface area contributed by atoms with E-state index >= 15 is 0 Å². The largest absolute Gasteiger partial charge is 0.465 e. The monoisotopic (exact) mass is 239 g/mol. The van der Waals surface area contributed by atoms with Crippen molar-refractivity contribution in [3.63, 3.8) is 0 Å². The van der Waals surface area contributed by atoms with Crippen LogP contribution in [-0.2, 0) is 16.1 Å². The fraction of sp³-hybridized carbons (Fsp3) is 0.545. The smallest absolute Gasteiger partial charge is 0.320 e. The van der Waals surface area contributed by atoms with E-state index in [4.69, 9.17) is 9.26 Å². The first-order valence-corrected chi connectivity index (χ1v) is 5.43. The highest BCUT2D eigenvalue weighted by atomic mass is 16.5. The maximum atomic E-state index is 11.4. The van der Waals surface area contributed by atoms with Crippen molar-refractivity contribution in [3.8, 4) is 0 Å². The van der Waals surface area contributed by atoms with E-state index < -0.39 is 0 Å². The lowest BCUT2D eigenvalue weighted by molar-refractivity contribution is -0.144. The van der Waals surface area contributed by atoms with E-state index in [9.17, 15) is 4.79 Å². The molecule has 0 aliphatic carbocycles. The van der Waals surface area contributed by atoms with Crippen LogP contribution in [0.5, 0.6) is 0 Å². The van der Waals surface area contributed by atoms with Crippen molar-refractivity contribution < 1.29 is 14.1 Å². The first-order chi connectivity index (χ1) is 8.15. The Morgan fingerprint density at radius 3 is 2.94 bits per heavy atom. The Kier molecular flexibility index (Phi) is 5.35. The minimum absolute atomic E-state index is 0.182. The topological polar surface area (TPSA) is 68.5 Å². The molecule has 0 saturated carbocycles. The molecule has 0 atom stereocenters. The fourth-order valence-electron chi connectivity index (χ4n) is 1.35. The molecular weight excluding hydrogens is 222 g/mol. The van der Waals surface area contributed by atoms with Crippen LogP contribution in [0.1, 0.15) is 18.6 Å². The summed E-state index contributed by atoms with van der Waals surface area (Å²) in [6.45, 7) is 8.68. The second-order valence-electron chi connectivity index (χ2n) is 3.50. The van der Waals surface area contributed by atoms with Gasteiger partial charge in [-0.25, -0.2) is 0 Å². The van der Waals surface area contributed by atoms with Crippen molar-refractivity contribution in [2.75, 3.05) is 19.7 Å². The van der Waals surface area contributed by atoms with Gasteiger partial charge in [0.05, 0.1) is 19.7 Å². The Bertz CT molecular complexity index is 376. The van der Waals surface area contributed by atoms with E-state index in [1.807, 2.05) is 4.90 Å². The number of esters is 1. The van der Waals surface area contributed by atoms with Crippen LogP contribution in [-0.4, -0.2) is 40.7 Å². The lowest BCUT2D eigenvalue weighted by Crippen LogP contribution is -2.31. The summed E-state index contributed by atoms with van der Waals surface area (Å²) in [5.41, 5.74) is 0. The minimum atomic E-state index is -0.273. The van der Waals surface area contributed by atoms with Crippen LogP contribution in [0.2, 0.25) is 0 Å². The summed E-state index contributed by atoms with van der Waals surface area (Å²) in [5, 5.41) is 3.69. The van der Waals surface area contributed by atoms with E-state index in [1.54, 1.807) is 19.9 Å². The molecule has 6 heteroatoms. The highest BCUT2D eigenvalue weighted by molar-refractivity contribution is 5.71. The number of hydrogen-bond acceptors (Lipinski definition) is 6. The van der Waals surface area contributed by atoms with Gasteiger partial charge in [0.2, 0.25) is 5.89 Å². The number of nitrogens with zero attached hydrogens (tertiary/aromatic N) is 3. The zero-order chi connectivity index (χ0) is 12.7. The van der Waals surface area contributed by atoms with Gasteiger partial charge in [0, 0.05) is 6.54 Å². The first kappa shape index (κ1) is 13.4. The van der Waals surface area contributed by atoms with Crippen LogP contribution in [0.25, 0.3) is 0 Å². The molecule has 94 valence electrons. The molecular formula is C11H17N3O3. The molecule has 0 aliphatic heterocycles. The van der Waals surface area contributed by atoms with Gasteiger partial charge in [-0.3, -0.25) is 9.69 Å². The first-order valence-electron chi connectivity index (χ1n) is 5.43. The van der Waals surface area contributed by atoms with E-state index in [-0.39, 0.29) is 12.5 Å². The van der Waals surface area contributed by atoms with Gasteiger partial charge in [0.25, 0.3) is 0 Å². The molecule has 0 aliphatic rings. The van der Waals surface area contributed by atoms with E-state index in [0.29, 0.717) is 31.4 Å². The molecule has 1 rings (SSSR count). The van der Waals surface area contributed by atoms with Gasteiger partial charge in [-0.05, 0) is 13.8 Å². The van der Waals surface area contributed by atoms with Crippen LogP contribution >= 0.6 is 0 Å². The van der Waals surface area contributed by atoms with E-state index in [1.165, 1.54) is 0 Å².